The van der Waals surface area contributed by atoms with Crippen LogP contribution in [0.15, 0.2) is 11.4 Å². The first kappa shape index (κ1) is 33.6. The molecule has 2 aliphatic rings. The molecular formula is C36H46N6O5. The molecule has 0 unspecified atom stereocenters. The van der Waals surface area contributed by atoms with E-state index in [1.807, 2.05) is 13.0 Å². The number of hydrogen-bond donors (Lipinski definition) is 8. The summed E-state index contributed by atoms with van der Waals surface area (Å²) < 4.78 is 0. The number of allylic oxidation sites excluding steroid dienone is 2. The quantitative estimate of drug-likeness (QED) is 0.166. The number of carboxylic acids is 2. The molecule has 11 heteroatoms. The summed E-state index contributed by atoms with van der Waals surface area (Å²) in [4.78, 5) is 48.7. The van der Waals surface area contributed by atoms with Gasteiger partial charge in [-0.3, -0.25) is 9.59 Å². The number of carbonyl (C=O) groups excluding carboxylic acids is 1. The molecular weight excluding hydrogens is 596 g/mol. The first-order valence-electron chi connectivity index (χ1n) is 16.4. The summed E-state index contributed by atoms with van der Waals surface area (Å²) in [5.41, 5.74) is 15.7. The lowest BCUT2D eigenvalue weighted by Gasteiger charge is -2.19. The molecule has 1 amide bonds. The van der Waals surface area contributed by atoms with Crippen LogP contribution in [0.5, 0.6) is 0 Å². The smallest absolute Gasteiger partial charge is 0.338 e. The van der Waals surface area contributed by atoms with Gasteiger partial charge >= 0.3 is 11.9 Å². The fourth-order valence-corrected chi connectivity index (χ4v) is 7.22. The number of fused-ring (bicyclic) bond motifs is 8. The molecule has 1 saturated heterocycles. The number of rotatable bonds is 10. The fourth-order valence-electron chi connectivity index (χ4n) is 7.22. The van der Waals surface area contributed by atoms with Crippen LogP contribution >= 0.6 is 0 Å². The topological polar surface area (TPSA) is 189 Å². The van der Waals surface area contributed by atoms with Gasteiger partial charge in [-0.25, -0.2) is 4.79 Å². The van der Waals surface area contributed by atoms with Crippen LogP contribution in [0.4, 0.5) is 0 Å². The summed E-state index contributed by atoms with van der Waals surface area (Å²) in [5, 5.41) is 28.5. The second-order valence-corrected chi connectivity index (χ2v) is 12.6. The van der Waals surface area contributed by atoms with E-state index >= 15 is 0 Å². The van der Waals surface area contributed by atoms with Crippen LogP contribution in [-0.4, -0.2) is 56.1 Å². The highest BCUT2D eigenvalue weighted by molar-refractivity contribution is 6.00. The summed E-state index contributed by atoms with van der Waals surface area (Å²) >= 11 is 0. The first-order valence-corrected chi connectivity index (χ1v) is 16.4. The molecule has 0 spiro atoms. The highest BCUT2D eigenvalue weighted by Gasteiger charge is 2.37. The van der Waals surface area contributed by atoms with Gasteiger partial charge in [0.15, 0.2) is 0 Å². The number of aromatic nitrogens is 3. The number of aromatic carboxylic acids is 1. The van der Waals surface area contributed by atoms with E-state index in [9.17, 15) is 24.6 Å². The molecule has 0 aliphatic carbocycles. The Labute approximate surface area is 274 Å². The lowest BCUT2D eigenvalue weighted by molar-refractivity contribution is -0.137. The number of aliphatic carboxylic acids is 1. The molecule has 47 heavy (non-hydrogen) atoms. The van der Waals surface area contributed by atoms with Crippen LogP contribution in [0.1, 0.15) is 101 Å². The molecule has 5 rings (SSSR count). The van der Waals surface area contributed by atoms with Gasteiger partial charge in [0.25, 0.3) is 0 Å². The maximum Gasteiger partial charge on any atom is 0.338 e. The summed E-state index contributed by atoms with van der Waals surface area (Å²) in [7, 11) is 0. The average molecular weight is 643 g/mol. The Kier molecular flexibility index (Phi) is 9.67. The van der Waals surface area contributed by atoms with Crippen molar-refractivity contribution in [1.29, 1.82) is 0 Å². The van der Waals surface area contributed by atoms with Crippen molar-refractivity contribution in [2.75, 3.05) is 13.1 Å². The van der Waals surface area contributed by atoms with Gasteiger partial charge in [-0.2, -0.15) is 0 Å². The average Bonchev–Trinajstić information content (AvgIpc) is 3.70. The number of aromatic amines is 3. The maximum atomic E-state index is 13.3. The highest BCUT2D eigenvalue weighted by Crippen LogP contribution is 2.42. The molecule has 2 aliphatic heterocycles. The van der Waals surface area contributed by atoms with E-state index in [2.05, 4.69) is 65.4 Å². The zero-order chi connectivity index (χ0) is 34.2. The van der Waals surface area contributed by atoms with Crippen LogP contribution in [0.25, 0.3) is 23.8 Å². The minimum atomic E-state index is -1.12. The van der Waals surface area contributed by atoms with Crippen molar-refractivity contribution >= 4 is 41.6 Å². The Morgan fingerprint density at radius 2 is 1.55 bits per heavy atom. The van der Waals surface area contributed by atoms with E-state index < -0.39 is 11.9 Å². The van der Waals surface area contributed by atoms with E-state index in [1.165, 1.54) is 5.56 Å². The van der Waals surface area contributed by atoms with E-state index in [4.69, 9.17) is 5.73 Å². The van der Waals surface area contributed by atoms with Crippen LogP contribution in [0.3, 0.4) is 0 Å². The van der Waals surface area contributed by atoms with E-state index in [0.29, 0.717) is 34.6 Å². The maximum absolute atomic E-state index is 13.3. The van der Waals surface area contributed by atoms with Gasteiger partial charge in [0.2, 0.25) is 5.91 Å². The Hall–Kier alpha value is -4.77. The van der Waals surface area contributed by atoms with Crippen LogP contribution in [-0.2, 0) is 22.4 Å². The summed E-state index contributed by atoms with van der Waals surface area (Å²) in [5.74, 6) is -2.80. The molecule has 0 saturated carbocycles. The first-order chi connectivity index (χ1) is 22.4. The molecule has 0 radical (unpaired) electrons. The predicted octanol–water partition coefficient (Wildman–Crippen LogP) is 3.33. The van der Waals surface area contributed by atoms with E-state index in [0.717, 1.165) is 57.3 Å². The standard InChI is InChI=1S/C36H46N6O5/c1-7-21-17(3)25-14-27-19(5)23(9-10-32(44)45)34(41-27)24(13-31(43)38-12-11-37)35-33(36(46)47)20(6)28(42-35)16-30-22(8-2)18(4)26(40-30)15-29(21)39-25/h14-16,19,23,39-42H,7-13,37H2,1-6H3,(H,38,43)(H,44,45)(H,46,47)/t19-,23-/m0/s1. The van der Waals surface area contributed by atoms with Gasteiger partial charge < -0.3 is 41.5 Å². The van der Waals surface area contributed by atoms with E-state index in [-0.39, 0.29) is 49.2 Å². The summed E-state index contributed by atoms with van der Waals surface area (Å²) in [6, 6.07) is 0. The monoisotopic (exact) mass is 642 g/mol. The molecule has 9 N–H and O–H groups in total. The molecule has 250 valence electrons. The third kappa shape index (κ3) is 6.32. The minimum absolute atomic E-state index is 0.0729. The van der Waals surface area contributed by atoms with Gasteiger partial charge in [-0.05, 0) is 86.1 Å². The molecule has 3 aromatic rings. The van der Waals surface area contributed by atoms with Crippen molar-refractivity contribution in [2.45, 2.75) is 73.6 Å². The normalized spacial score (nSPS) is 17.1. The minimum Gasteiger partial charge on any atom is -0.481 e. The largest absolute Gasteiger partial charge is 0.481 e. The number of carboxylic acid groups (broad SMARTS) is 2. The van der Waals surface area contributed by atoms with Gasteiger partial charge in [0, 0.05) is 76.1 Å². The van der Waals surface area contributed by atoms with Crippen molar-refractivity contribution in [2.24, 2.45) is 17.6 Å². The van der Waals surface area contributed by atoms with Crippen LogP contribution < -0.4 is 27.1 Å². The zero-order valence-corrected chi connectivity index (χ0v) is 28.0. The lowest BCUT2D eigenvalue weighted by Crippen LogP contribution is -2.29. The van der Waals surface area contributed by atoms with Gasteiger partial charge in [-0.1, -0.05) is 20.8 Å². The van der Waals surface area contributed by atoms with Crippen LogP contribution in [0, 0.1) is 32.6 Å². The Morgan fingerprint density at radius 1 is 0.872 bits per heavy atom. The number of carbonyl (C=O) groups is 3. The summed E-state index contributed by atoms with van der Waals surface area (Å²) in [6.07, 6.45) is 7.85. The van der Waals surface area contributed by atoms with Crippen molar-refractivity contribution in [3.8, 4) is 0 Å². The number of amides is 1. The SMILES string of the molecule is CCc1c2[nH]c(c1C)C=C1NC(=C(CC(=O)NCCN)c3[nH]c(c(C)c3C(=O)O)C=c3[nH]c(c(C)c3CC)=C2)[C@@H](CCC(=O)O)[C@@H]1C. The van der Waals surface area contributed by atoms with Gasteiger partial charge in [0.05, 0.1) is 17.7 Å². The van der Waals surface area contributed by atoms with Crippen molar-refractivity contribution in [1.82, 2.24) is 25.6 Å². The molecule has 5 heterocycles. The number of hydrogen-bond acceptors (Lipinski definition) is 5. The number of nitrogens with one attached hydrogen (secondary N) is 5. The zero-order valence-electron chi connectivity index (χ0n) is 28.0. The number of nitrogens with two attached hydrogens (primary N) is 1. The van der Waals surface area contributed by atoms with Gasteiger partial charge in [-0.15, -0.1) is 0 Å². The molecule has 11 nitrogen and oxygen atoms in total. The molecule has 0 aromatic carbocycles. The highest BCUT2D eigenvalue weighted by atomic mass is 16.4. The van der Waals surface area contributed by atoms with E-state index in [1.54, 1.807) is 6.92 Å². The fraction of sp³-hybridized carbons (Fsp3) is 0.417. The van der Waals surface area contributed by atoms with Crippen molar-refractivity contribution in [3.05, 3.63) is 78.2 Å². The number of H-pyrrole nitrogens is 3. The van der Waals surface area contributed by atoms with Crippen molar-refractivity contribution < 1.29 is 24.6 Å². The van der Waals surface area contributed by atoms with Crippen LogP contribution in [0.2, 0.25) is 0 Å². The van der Waals surface area contributed by atoms with Crippen molar-refractivity contribution in [3.63, 3.8) is 0 Å². The second-order valence-electron chi connectivity index (χ2n) is 12.6. The Bertz CT molecular complexity index is 1940. The predicted molar refractivity (Wildman–Crippen MR) is 183 cm³/mol. The molecule has 8 bridgehead atoms. The Balaban J connectivity index is 1.91. The third-order valence-corrected chi connectivity index (χ3v) is 9.83. The molecule has 2 atom stereocenters. The second kappa shape index (κ2) is 13.5. The third-order valence-electron chi connectivity index (χ3n) is 9.83. The lowest BCUT2D eigenvalue weighted by atomic mass is 9.85. The summed E-state index contributed by atoms with van der Waals surface area (Å²) in [6.45, 7) is 12.8. The molecule has 3 aromatic heterocycles. The Morgan fingerprint density at radius 3 is 2.19 bits per heavy atom. The molecule has 1 fully saturated rings. The van der Waals surface area contributed by atoms with Gasteiger partial charge in [0.1, 0.15) is 0 Å².